The number of pyridine rings is 2. The van der Waals surface area contributed by atoms with E-state index in [1.807, 2.05) is 60.1 Å². The Morgan fingerprint density at radius 2 is 1.55 bits per heavy atom. The van der Waals surface area contributed by atoms with Crippen LogP contribution in [-0.4, -0.2) is 18.9 Å². The Morgan fingerprint density at radius 1 is 0.848 bits per heavy atom. The largest absolute Gasteiger partial charge is 0.308 e. The second-order valence-electron chi connectivity index (χ2n) is 7.89. The van der Waals surface area contributed by atoms with Crippen LogP contribution in [0.4, 0.5) is 0 Å². The van der Waals surface area contributed by atoms with E-state index in [2.05, 4.69) is 4.98 Å². The van der Waals surface area contributed by atoms with Gasteiger partial charge in [0.1, 0.15) is 0 Å². The van der Waals surface area contributed by atoms with Crippen molar-refractivity contribution in [3.05, 3.63) is 128 Å². The Morgan fingerprint density at radius 3 is 2.24 bits per heavy atom. The molecule has 5 rings (SSSR count). The minimum Gasteiger partial charge on any atom is -0.308 e. The van der Waals surface area contributed by atoms with Gasteiger partial charge in [-0.1, -0.05) is 60.1 Å². The summed E-state index contributed by atoms with van der Waals surface area (Å²) in [4.78, 5) is 31.3. The molecule has 0 atom stereocenters. The predicted molar refractivity (Wildman–Crippen MR) is 130 cm³/mol. The van der Waals surface area contributed by atoms with Gasteiger partial charge in [-0.15, -0.1) is 0 Å². The topological polar surface area (TPSA) is 61.8 Å². The van der Waals surface area contributed by atoms with Crippen LogP contribution in [0.1, 0.15) is 16.8 Å². The molecule has 0 fully saturated rings. The summed E-state index contributed by atoms with van der Waals surface area (Å²) in [5, 5.41) is 1.14. The zero-order chi connectivity index (χ0) is 22.9. The van der Waals surface area contributed by atoms with Crippen LogP contribution < -0.4 is 11.1 Å². The van der Waals surface area contributed by atoms with Gasteiger partial charge in [-0.2, -0.15) is 4.68 Å². The van der Waals surface area contributed by atoms with Crippen molar-refractivity contribution < 1.29 is 0 Å². The van der Waals surface area contributed by atoms with Gasteiger partial charge >= 0.3 is 0 Å². The van der Waals surface area contributed by atoms with E-state index in [1.165, 1.54) is 0 Å². The van der Waals surface area contributed by atoms with Crippen molar-refractivity contribution in [3.63, 3.8) is 0 Å². The lowest BCUT2D eigenvalue weighted by Gasteiger charge is -2.13. The van der Waals surface area contributed by atoms with Gasteiger partial charge in [0.05, 0.1) is 24.0 Å². The number of halogens is 1. The molecular weight excluding hydrogens is 436 g/mol. The van der Waals surface area contributed by atoms with Gasteiger partial charge in [0.15, 0.2) is 5.82 Å². The molecule has 33 heavy (non-hydrogen) atoms. The smallest absolute Gasteiger partial charge is 0.282 e. The second kappa shape index (κ2) is 8.56. The zero-order valence-electron chi connectivity index (χ0n) is 18.0. The molecule has 0 spiro atoms. The highest BCUT2D eigenvalue weighted by molar-refractivity contribution is 6.30. The molecule has 2 aromatic carbocycles. The van der Waals surface area contributed by atoms with Gasteiger partial charge in [0, 0.05) is 23.0 Å². The van der Waals surface area contributed by atoms with Crippen molar-refractivity contribution in [2.45, 2.75) is 20.0 Å². The van der Waals surface area contributed by atoms with E-state index in [0.717, 1.165) is 11.1 Å². The van der Waals surface area contributed by atoms with E-state index in [-0.39, 0.29) is 11.1 Å². The Balaban J connectivity index is 1.75. The third-order valence-electron chi connectivity index (χ3n) is 5.77. The summed E-state index contributed by atoms with van der Waals surface area (Å²) >= 11 is 6.00. The lowest BCUT2D eigenvalue weighted by Crippen LogP contribution is -2.24. The maximum absolute atomic E-state index is 13.7. The van der Waals surface area contributed by atoms with Gasteiger partial charge in [-0.05, 0) is 42.3 Å². The first-order valence-electron chi connectivity index (χ1n) is 10.6. The molecule has 5 aromatic rings. The highest BCUT2D eigenvalue weighted by Crippen LogP contribution is 2.19. The van der Waals surface area contributed by atoms with E-state index in [0.29, 0.717) is 40.5 Å². The Bertz CT molecular complexity index is 1550. The number of rotatable bonds is 5. The molecule has 0 radical (unpaired) electrons. The minimum absolute atomic E-state index is 0.171. The summed E-state index contributed by atoms with van der Waals surface area (Å²) in [5.74, 6) is 0.505. The monoisotopic (exact) mass is 456 g/mol. The number of benzene rings is 2. The molecule has 6 nitrogen and oxygen atoms in total. The molecule has 0 aliphatic heterocycles. The van der Waals surface area contributed by atoms with Crippen molar-refractivity contribution in [3.8, 4) is 5.82 Å². The molecule has 3 aromatic heterocycles. The van der Waals surface area contributed by atoms with E-state index in [1.54, 1.807) is 45.8 Å². The fraction of sp³-hybridized carbons (Fsp3) is 0.115. The molecule has 0 aliphatic carbocycles. The van der Waals surface area contributed by atoms with Crippen LogP contribution in [0.15, 0.2) is 94.6 Å². The molecule has 7 heteroatoms. The summed E-state index contributed by atoms with van der Waals surface area (Å²) in [7, 11) is 0. The third-order valence-corrected chi connectivity index (χ3v) is 6.02. The van der Waals surface area contributed by atoms with Crippen molar-refractivity contribution in [2.75, 3.05) is 0 Å². The fourth-order valence-electron chi connectivity index (χ4n) is 4.13. The number of fused-ring (bicyclic) bond motifs is 1. The van der Waals surface area contributed by atoms with Gasteiger partial charge in [0.2, 0.25) is 0 Å². The van der Waals surface area contributed by atoms with Gasteiger partial charge in [0.25, 0.3) is 11.1 Å². The molecule has 0 N–H and O–H groups in total. The second-order valence-corrected chi connectivity index (χ2v) is 8.33. The molecule has 0 saturated heterocycles. The summed E-state index contributed by atoms with van der Waals surface area (Å²) in [6, 6.07) is 24.2. The number of nitrogens with zero attached hydrogens (tertiary/aromatic N) is 4. The van der Waals surface area contributed by atoms with Gasteiger partial charge < -0.3 is 4.57 Å². The molecule has 3 heterocycles. The standard InChI is InChI=1S/C26H21ClN4O2/c1-18-25-22(15-24(32)29(18)16-20-10-12-21(27)13-11-20)30(17-19-7-3-2-4-8-19)31(26(25)33)23-9-5-6-14-28-23/h2-15H,16-17H2,1H3. The number of hydrogen-bond acceptors (Lipinski definition) is 3. The first kappa shape index (κ1) is 21.0. The first-order chi connectivity index (χ1) is 16.0. The fourth-order valence-corrected chi connectivity index (χ4v) is 4.26. The SMILES string of the molecule is Cc1c2c(=O)n(-c3ccccn3)n(Cc3ccccc3)c2cc(=O)n1Cc1ccc(Cl)cc1. The number of hydrogen-bond donors (Lipinski definition) is 0. The van der Waals surface area contributed by atoms with Crippen LogP contribution in [0.25, 0.3) is 16.7 Å². The van der Waals surface area contributed by atoms with Crippen LogP contribution in [0.5, 0.6) is 0 Å². The summed E-state index contributed by atoms with van der Waals surface area (Å²) in [6.45, 7) is 2.59. The molecular formula is C26H21ClN4O2. The maximum atomic E-state index is 13.7. The van der Waals surface area contributed by atoms with E-state index >= 15 is 0 Å². The summed E-state index contributed by atoms with van der Waals surface area (Å²) in [6.07, 6.45) is 1.65. The Hall–Kier alpha value is -3.90. The molecule has 0 amide bonds. The first-order valence-corrected chi connectivity index (χ1v) is 11.0. The van der Waals surface area contributed by atoms with Crippen LogP contribution in [0.3, 0.4) is 0 Å². The van der Waals surface area contributed by atoms with E-state index in [4.69, 9.17) is 11.6 Å². The highest BCUT2D eigenvalue weighted by atomic mass is 35.5. The van der Waals surface area contributed by atoms with Crippen LogP contribution in [0.2, 0.25) is 5.02 Å². The molecule has 0 unspecified atom stereocenters. The van der Waals surface area contributed by atoms with E-state index < -0.39 is 0 Å². The van der Waals surface area contributed by atoms with Crippen molar-refractivity contribution >= 4 is 22.5 Å². The average molecular weight is 457 g/mol. The lowest BCUT2D eigenvalue weighted by atomic mass is 10.2. The third kappa shape index (κ3) is 3.90. The van der Waals surface area contributed by atoms with Crippen LogP contribution in [-0.2, 0) is 13.1 Å². The quantitative estimate of drug-likeness (QED) is 0.393. The minimum atomic E-state index is -0.206. The highest BCUT2D eigenvalue weighted by Gasteiger charge is 2.20. The van der Waals surface area contributed by atoms with Crippen molar-refractivity contribution in [2.24, 2.45) is 0 Å². The zero-order valence-corrected chi connectivity index (χ0v) is 18.7. The van der Waals surface area contributed by atoms with Crippen molar-refractivity contribution in [1.82, 2.24) is 18.9 Å². The van der Waals surface area contributed by atoms with Gasteiger partial charge in [-0.3, -0.25) is 14.3 Å². The van der Waals surface area contributed by atoms with Gasteiger partial charge in [-0.25, -0.2) is 4.98 Å². The molecule has 0 saturated carbocycles. The lowest BCUT2D eigenvalue weighted by molar-refractivity contribution is 0.602. The Labute approximate surface area is 194 Å². The number of aryl methyl sites for hydroxylation is 1. The molecule has 164 valence electrons. The van der Waals surface area contributed by atoms with Crippen LogP contribution >= 0.6 is 11.6 Å². The van der Waals surface area contributed by atoms with E-state index in [9.17, 15) is 9.59 Å². The summed E-state index contributed by atoms with van der Waals surface area (Å²) < 4.78 is 5.01. The van der Waals surface area contributed by atoms with Crippen LogP contribution in [0, 0.1) is 6.92 Å². The normalized spacial score (nSPS) is 11.2. The summed E-state index contributed by atoms with van der Waals surface area (Å²) in [5.41, 5.74) is 2.77. The maximum Gasteiger partial charge on any atom is 0.282 e. The molecule has 0 bridgehead atoms. The molecule has 0 aliphatic rings. The van der Waals surface area contributed by atoms with Crippen molar-refractivity contribution in [1.29, 1.82) is 0 Å². The number of aromatic nitrogens is 4. The predicted octanol–water partition coefficient (Wildman–Crippen LogP) is 4.41. The Kier molecular flexibility index (Phi) is 5.44. The average Bonchev–Trinajstić information content (AvgIpc) is 3.10.